The van der Waals surface area contributed by atoms with Gasteiger partial charge in [-0.15, -0.1) is 11.8 Å². The minimum atomic E-state index is -0.0629. The number of nitrogens with one attached hydrogen (secondary N) is 1. The SMILES string of the molecule is Cc1cc(Br)ccc1SCC(=O)Nc1ccc(C#N)cc1. The molecule has 21 heavy (non-hydrogen) atoms. The molecular formula is C16H13BrN2OS. The molecule has 0 aliphatic carbocycles. The Hall–Kier alpha value is -1.77. The fourth-order valence-corrected chi connectivity index (χ4v) is 3.03. The van der Waals surface area contributed by atoms with E-state index in [4.69, 9.17) is 5.26 Å². The van der Waals surface area contributed by atoms with Crippen molar-refractivity contribution in [3.8, 4) is 6.07 Å². The second kappa shape index (κ2) is 7.30. The molecule has 0 aliphatic rings. The van der Waals surface area contributed by atoms with Gasteiger partial charge in [-0.25, -0.2) is 0 Å². The van der Waals surface area contributed by atoms with Crippen LogP contribution in [0.3, 0.4) is 0 Å². The molecule has 0 bridgehead atoms. The molecule has 5 heteroatoms. The van der Waals surface area contributed by atoms with E-state index >= 15 is 0 Å². The van der Waals surface area contributed by atoms with Crippen LogP contribution in [0.1, 0.15) is 11.1 Å². The number of benzene rings is 2. The maximum Gasteiger partial charge on any atom is 0.234 e. The topological polar surface area (TPSA) is 52.9 Å². The molecule has 1 amide bonds. The maximum absolute atomic E-state index is 11.9. The number of rotatable bonds is 4. The number of carbonyl (C=O) groups is 1. The lowest BCUT2D eigenvalue weighted by Crippen LogP contribution is -2.13. The van der Waals surface area contributed by atoms with Gasteiger partial charge in [0.15, 0.2) is 0 Å². The molecule has 0 unspecified atom stereocenters. The van der Waals surface area contributed by atoms with Crippen molar-refractivity contribution in [1.29, 1.82) is 5.26 Å². The van der Waals surface area contributed by atoms with E-state index in [9.17, 15) is 4.79 Å². The number of nitriles is 1. The Morgan fingerprint density at radius 1 is 1.29 bits per heavy atom. The predicted molar refractivity (Wildman–Crippen MR) is 89.4 cm³/mol. The van der Waals surface area contributed by atoms with E-state index in [0.29, 0.717) is 17.0 Å². The number of hydrogen-bond acceptors (Lipinski definition) is 3. The van der Waals surface area contributed by atoms with Gasteiger partial charge in [0.2, 0.25) is 5.91 Å². The summed E-state index contributed by atoms with van der Waals surface area (Å²) in [5.74, 6) is 0.287. The molecule has 0 saturated heterocycles. The van der Waals surface area contributed by atoms with Crippen molar-refractivity contribution in [3.05, 3.63) is 58.1 Å². The molecular weight excluding hydrogens is 348 g/mol. The summed E-state index contributed by atoms with van der Waals surface area (Å²) in [6.45, 7) is 2.02. The van der Waals surface area contributed by atoms with Crippen molar-refractivity contribution in [2.75, 3.05) is 11.1 Å². The third-order valence-electron chi connectivity index (χ3n) is 2.79. The first kappa shape index (κ1) is 15.6. The number of anilines is 1. The van der Waals surface area contributed by atoms with E-state index < -0.39 is 0 Å². The number of nitrogens with zero attached hydrogens (tertiary/aromatic N) is 1. The highest BCUT2D eigenvalue weighted by Gasteiger charge is 2.06. The monoisotopic (exact) mass is 360 g/mol. The van der Waals surface area contributed by atoms with Crippen LogP contribution in [0.25, 0.3) is 0 Å². The largest absolute Gasteiger partial charge is 0.325 e. The first-order chi connectivity index (χ1) is 10.1. The highest BCUT2D eigenvalue weighted by atomic mass is 79.9. The van der Waals surface area contributed by atoms with Crippen molar-refractivity contribution in [1.82, 2.24) is 0 Å². The van der Waals surface area contributed by atoms with Crippen LogP contribution in [0.2, 0.25) is 0 Å². The van der Waals surface area contributed by atoms with Gasteiger partial charge in [0.25, 0.3) is 0 Å². The molecule has 2 aromatic rings. The van der Waals surface area contributed by atoms with E-state index in [1.54, 1.807) is 24.3 Å². The van der Waals surface area contributed by atoms with Crippen LogP contribution in [-0.2, 0) is 4.79 Å². The Bertz CT molecular complexity index is 692. The Morgan fingerprint density at radius 3 is 2.62 bits per heavy atom. The summed E-state index contributed by atoms with van der Waals surface area (Å²) >= 11 is 4.93. The van der Waals surface area contributed by atoms with Gasteiger partial charge in [0.05, 0.1) is 17.4 Å². The van der Waals surface area contributed by atoms with Crippen LogP contribution in [0.5, 0.6) is 0 Å². The smallest absolute Gasteiger partial charge is 0.234 e. The molecule has 2 rings (SSSR count). The lowest BCUT2D eigenvalue weighted by molar-refractivity contribution is -0.113. The van der Waals surface area contributed by atoms with Crippen molar-refractivity contribution in [2.24, 2.45) is 0 Å². The average Bonchev–Trinajstić information content (AvgIpc) is 2.47. The normalized spacial score (nSPS) is 9.95. The van der Waals surface area contributed by atoms with E-state index in [0.717, 1.165) is 14.9 Å². The number of thioether (sulfide) groups is 1. The minimum Gasteiger partial charge on any atom is -0.325 e. The average molecular weight is 361 g/mol. The molecule has 1 N–H and O–H groups in total. The molecule has 0 saturated carbocycles. The Balaban J connectivity index is 1.91. The molecule has 0 atom stereocenters. The van der Waals surface area contributed by atoms with Gasteiger partial charge >= 0.3 is 0 Å². The zero-order chi connectivity index (χ0) is 15.2. The van der Waals surface area contributed by atoms with Gasteiger partial charge in [-0.2, -0.15) is 5.26 Å². The molecule has 0 fully saturated rings. The van der Waals surface area contributed by atoms with Crippen LogP contribution < -0.4 is 5.32 Å². The third-order valence-corrected chi connectivity index (χ3v) is 4.46. The summed E-state index contributed by atoms with van der Waals surface area (Å²) in [5, 5.41) is 11.5. The van der Waals surface area contributed by atoms with Crippen LogP contribution in [0.15, 0.2) is 51.8 Å². The van der Waals surface area contributed by atoms with E-state index in [1.165, 1.54) is 11.8 Å². The number of hydrogen-bond donors (Lipinski definition) is 1. The van der Waals surface area contributed by atoms with Crippen molar-refractivity contribution in [3.63, 3.8) is 0 Å². The van der Waals surface area contributed by atoms with E-state index in [1.807, 2.05) is 31.2 Å². The number of amides is 1. The van der Waals surface area contributed by atoms with Gasteiger partial charge in [-0.1, -0.05) is 15.9 Å². The molecule has 2 aromatic carbocycles. The lowest BCUT2D eigenvalue weighted by Gasteiger charge is -2.07. The third kappa shape index (κ3) is 4.62. The summed E-state index contributed by atoms with van der Waals surface area (Å²) < 4.78 is 1.03. The van der Waals surface area contributed by atoms with Gasteiger partial charge < -0.3 is 5.32 Å². The summed E-state index contributed by atoms with van der Waals surface area (Å²) in [4.78, 5) is 13.0. The van der Waals surface area contributed by atoms with Crippen molar-refractivity contribution in [2.45, 2.75) is 11.8 Å². The Labute approximate surface area is 136 Å². The van der Waals surface area contributed by atoms with Crippen LogP contribution >= 0.6 is 27.7 Å². The van der Waals surface area contributed by atoms with Gasteiger partial charge in [-0.05, 0) is 55.0 Å². The van der Waals surface area contributed by atoms with Crippen molar-refractivity contribution < 1.29 is 4.79 Å². The quantitative estimate of drug-likeness (QED) is 0.824. The second-order valence-electron chi connectivity index (χ2n) is 4.44. The summed E-state index contributed by atoms with van der Waals surface area (Å²) in [6, 6.07) is 14.9. The molecule has 0 radical (unpaired) electrons. The van der Waals surface area contributed by atoms with Crippen molar-refractivity contribution >= 4 is 39.3 Å². The minimum absolute atomic E-state index is 0.0629. The number of aryl methyl sites for hydroxylation is 1. The zero-order valence-electron chi connectivity index (χ0n) is 11.4. The summed E-state index contributed by atoms with van der Waals surface area (Å²) in [7, 11) is 0. The van der Waals surface area contributed by atoms with E-state index in [-0.39, 0.29) is 5.91 Å². The van der Waals surface area contributed by atoms with Crippen LogP contribution in [-0.4, -0.2) is 11.7 Å². The maximum atomic E-state index is 11.9. The molecule has 0 heterocycles. The highest BCUT2D eigenvalue weighted by Crippen LogP contribution is 2.25. The molecule has 3 nitrogen and oxygen atoms in total. The van der Waals surface area contributed by atoms with Gasteiger partial charge in [0, 0.05) is 15.1 Å². The van der Waals surface area contributed by atoms with Crippen LogP contribution in [0.4, 0.5) is 5.69 Å². The Kier molecular flexibility index (Phi) is 5.43. The summed E-state index contributed by atoms with van der Waals surface area (Å²) in [6.07, 6.45) is 0. The fraction of sp³-hybridized carbons (Fsp3) is 0.125. The number of carbonyl (C=O) groups excluding carboxylic acids is 1. The lowest BCUT2D eigenvalue weighted by atomic mass is 10.2. The summed E-state index contributed by atoms with van der Waals surface area (Å²) in [5.41, 5.74) is 2.42. The first-order valence-corrected chi connectivity index (χ1v) is 8.05. The number of halogens is 1. The van der Waals surface area contributed by atoms with Gasteiger partial charge in [0.1, 0.15) is 0 Å². The van der Waals surface area contributed by atoms with E-state index in [2.05, 4.69) is 21.2 Å². The second-order valence-corrected chi connectivity index (χ2v) is 6.37. The first-order valence-electron chi connectivity index (χ1n) is 6.27. The predicted octanol–water partition coefficient (Wildman–Crippen LogP) is 4.36. The molecule has 0 aliphatic heterocycles. The standard InChI is InChI=1S/C16H13BrN2OS/c1-11-8-13(17)4-7-15(11)21-10-16(20)19-14-5-2-12(9-18)3-6-14/h2-8H,10H2,1H3,(H,19,20). The van der Waals surface area contributed by atoms with Gasteiger partial charge in [-0.3, -0.25) is 4.79 Å². The molecule has 0 aromatic heterocycles. The Morgan fingerprint density at radius 2 is 2.00 bits per heavy atom. The fourth-order valence-electron chi connectivity index (χ4n) is 1.74. The molecule has 106 valence electrons. The highest BCUT2D eigenvalue weighted by molar-refractivity contribution is 9.10. The molecule has 0 spiro atoms. The zero-order valence-corrected chi connectivity index (χ0v) is 13.8. The van der Waals surface area contributed by atoms with Crippen LogP contribution in [0, 0.1) is 18.3 Å².